The van der Waals surface area contributed by atoms with Crippen molar-refractivity contribution in [3.05, 3.63) is 29.8 Å². The van der Waals surface area contributed by atoms with Crippen LogP contribution in [0.3, 0.4) is 0 Å². The molecular formula is C16H23NO2. The minimum atomic E-state index is -0.337. The van der Waals surface area contributed by atoms with Crippen LogP contribution in [-0.2, 0) is 4.74 Å². The summed E-state index contributed by atoms with van der Waals surface area (Å²) in [7, 11) is 1.39. The van der Waals surface area contributed by atoms with E-state index in [9.17, 15) is 4.79 Å². The van der Waals surface area contributed by atoms with Crippen LogP contribution in [-0.4, -0.2) is 19.3 Å². The number of esters is 1. The molecule has 3 nitrogen and oxygen atoms in total. The van der Waals surface area contributed by atoms with Gasteiger partial charge in [0.15, 0.2) is 0 Å². The topological polar surface area (TPSA) is 38.7 Å². The van der Waals surface area contributed by atoms with Gasteiger partial charge < -0.3 is 4.74 Å². The van der Waals surface area contributed by atoms with Crippen LogP contribution in [0.5, 0.6) is 0 Å². The van der Waals surface area contributed by atoms with Gasteiger partial charge in [0.1, 0.15) is 0 Å². The van der Waals surface area contributed by atoms with Gasteiger partial charge in [-0.3, -0.25) is 4.99 Å². The monoisotopic (exact) mass is 261 g/mol. The van der Waals surface area contributed by atoms with E-state index in [0.717, 1.165) is 12.8 Å². The summed E-state index contributed by atoms with van der Waals surface area (Å²) in [6, 6.07) is 7.26. The fourth-order valence-electron chi connectivity index (χ4n) is 1.87. The molecule has 0 unspecified atom stereocenters. The van der Waals surface area contributed by atoms with Gasteiger partial charge >= 0.3 is 5.97 Å². The number of nitrogens with zero attached hydrogens (tertiary/aromatic N) is 1. The zero-order valence-corrected chi connectivity index (χ0v) is 11.9. The van der Waals surface area contributed by atoms with Crippen molar-refractivity contribution in [1.82, 2.24) is 0 Å². The first-order valence-corrected chi connectivity index (χ1v) is 6.99. The van der Waals surface area contributed by atoms with Crippen LogP contribution in [0, 0.1) is 0 Å². The maximum absolute atomic E-state index is 11.5. The summed E-state index contributed by atoms with van der Waals surface area (Å²) in [4.78, 5) is 15.9. The fraction of sp³-hybridized carbons (Fsp3) is 0.500. The molecule has 0 aromatic heterocycles. The van der Waals surface area contributed by atoms with Crippen molar-refractivity contribution in [1.29, 1.82) is 0 Å². The van der Waals surface area contributed by atoms with Crippen LogP contribution >= 0.6 is 0 Å². The highest BCUT2D eigenvalue weighted by molar-refractivity contribution is 5.95. The maximum atomic E-state index is 11.5. The number of hydrogen-bond acceptors (Lipinski definition) is 3. The Morgan fingerprint density at radius 3 is 2.68 bits per heavy atom. The van der Waals surface area contributed by atoms with Gasteiger partial charge in [0, 0.05) is 6.21 Å². The quantitative estimate of drug-likeness (QED) is 0.391. The molecular weight excluding hydrogens is 238 g/mol. The minimum Gasteiger partial charge on any atom is -0.465 e. The molecule has 3 heteroatoms. The summed E-state index contributed by atoms with van der Waals surface area (Å²) in [5, 5.41) is 0. The number of hydrogen-bond donors (Lipinski definition) is 0. The molecule has 0 saturated heterocycles. The molecule has 0 bridgehead atoms. The first kappa shape index (κ1) is 15.4. The Morgan fingerprint density at radius 2 is 1.95 bits per heavy atom. The van der Waals surface area contributed by atoms with Gasteiger partial charge in [0.25, 0.3) is 0 Å². The molecule has 1 rings (SSSR count). The summed E-state index contributed by atoms with van der Waals surface area (Å²) in [5.41, 5.74) is 1.20. The van der Waals surface area contributed by atoms with Gasteiger partial charge in [-0.25, -0.2) is 4.79 Å². The number of carbonyl (C=O) groups excluding carboxylic acids is 1. The highest BCUT2D eigenvalue weighted by atomic mass is 16.5. The van der Waals surface area contributed by atoms with E-state index in [1.54, 1.807) is 6.07 Å². The van der Waals surface area contributed by atoms with E-state index in [4.69, 9.17) is 4.74 Å². The summed E-state index contributed by atoms with van der Waals surface area (Å²) >= 11 is 0. The van der Waals surface area contributed by atoms with E-state index < -0.39 is 0 Å². The third-order valence-corrected chi connectivity index (χ3v) is 2.98. The van der Waals surface area contributed by atoms with Crippen molar-refractivity contribution >= 4 is 17.9 Å². The SMILES string of the molecule is CCCCCCC/C=N/c1ccccc1C(=O)OC. The van der Waals surface area contributed by atoms with Crippen LogP contribution in [0.25, 0.3) is 0 Å². The average molecular weight is 261 g/mol. The number of ether oxygens (including phenoxy) is 1. The largest absolute Gasteiger partial charge is 0.465 e. The Bertz CT molecular complexity index is 413. The molecule has 0 N–H and O–H groups in total. The van der Waals surface area contributed by atoms with E-state index in [1.165, 1.54) is 32.8 Å². The van der Waals surface area contributed by atoms with Crippen LogP contribution in [0.4, 0.5) is 5.69 Å². The second kappa shape index (κ2) is 9.31. The van der Waals surface area contributed by atoms with E-state index >= 15 is 0 Å². The molecule has 0 aliphatic heterocycles. The van der Waals surface area contributed by atoms with Crippen molar-refractivity contribution in [2.45, 2.75) is 45.4 Å². The number of rotatable bonds is 8. The molecule has 0 heterocycles. The average Bonchev–Trinajstić information content (AvgIpc) is 2.46. The zero-order chi connectivity index (χ0) is 13.9. The Morgan fingerprint density at radius 1 is 1.21 bits per heavy atom. The molecule has 0 radical (unpaired) electrons. The number of para-hydroxylation sites is 1. The summed E-state index contributed by atoms with van der Waals surface area (Å²) < 4.78 is 4.74. The van der Waals surface area contributed by atoms with Gasteiger partial charge in [-0.15, -0.1) is 0 Å². The summed E-state index contributed by atoms with van der Waals surface area (Å²) in [5.74, 6) is -0.337. The number of benzene rings is 1. The van der Waals surface area contributed by atoms with E-state index in [1.807, 2.05) is 24.4 Å². The Hall–Kier alpha value is -1.64. The number of methoxy groups -OCH3 is 1. The van der Waals surface area contributed by atoms with Crippen LogP contribution in [0.15, 0.2) is 29.3 Å². The lowest BCUT2D eigenvalue weighted by atomic mass is 10.1. The normalized spacial score (nSPS) is 10.8. The van der Waals surface area contributed by atoms with Crippen molar-refractivity contribution < 1.29 is 9.53 Å². The smallest absolute Gasteiger partial charge is 0.340 e. The van der Waals surface area contributed by atoms with E-state index in [2.05, 4.69) is 11.9 Å². The van der Waals surface area contributed by atoms with Gasteiger partial charge in [-0.1, -0.05) is 44.7 Å². The molecule has 1 aromatic carbocycles. The molecule has 0 amide bonds. The second-order valence-electron chi connectivity index (χ2n) is 4.52. The van der Waals surface area contributed by atoms with Gasteiger partial charge in [-0.2, -0.15) is 0 Å². The molecule has 0 aliphatic rings. The Balaban J connectivity index is 2.45. The van der Waals surface area contributed by atoms with Gasteiger partial charge in [-0.05, 0) is 25.0 Å². The molecule has 0 spiro atoms. The van der Waals surface area contributed by atoms with E-state index in [-0.39, 0.29) is 5.97 Å². The number of carbonyl (C=O) groups is 1. The predicted molar refractivity (Wildman–Crippen MR) is 79.3 cm³/mol. The first-order valence-electron chi connectivity index (χ1n) is 6.99. The standard InChI is InChI=1S/C16H23NO2/c1-3-4-5-6-7-10-13-17-15-12-9-8-11-14(15)16(18)19-2/h8-9,11-13H,3-7,10H2,1-2H3/b17-13+. The van der Waals surface area contributed by atoms with Gasteiger partial charge in [0.2, 0.25) is 0 Å². The molecule has 1 aromatic rings. The Labute approximate surface area is 115 Å². The molecule has 104 valence electrons. The lowest BCUT2D eigenvalue weighted by Gasteiger charge is -2.02. The Kier molecular flexibility index (Phi) is 7.56. The van der Waals surface area contributed by atoms with Crippen molar-refractivity contribution in [2.75, 3.05) is 7.11 Å². The molecule has 0 atom stereocenters. The van der Waals surface area contributed by atoms with Crippen LogP contribution in [0.2, 0.25) is 0 Å². The third-order valence-electron chi connectivity index (χ3n) is 2.98. The fourth-order valence-corrected chi connectivity index (χ4v) is 1.87. The van der Waals surface area contributed by atoms with Crippen molar-refractivity contribution in [3.63, 3.8) is 0 Å². The number of unbranched alkanes of at least 4 members (excludes halogenated alkanes) is 5. The zero-order valence-electron chi connectivity index (χ0n) is 11.9. The first-order chi connectivity index (χ1) is 9.29. The van der Waals surface area contributed by atoms with Crippen molar-refractivity contribution in [3.8, 4) is 0 Å². The van der Waals surface area contributed by atoms with Gasteiger partial charge in [0.05, 0.1) is 18.4 Å². The highest BCUT2D eigenvalue weighted by Crippen LogP contribution is 2.19. The van der Waals surface area contributed by atoms with Crippen LogP contribution < -0.4 is 0 Å². The maximum Gasteiger partial charge on any atom is 0.340 e. The minimum absolute atomic E-state index is 0.337. The molecule has 0 aliphatic carbocycles. The molecule has 0 saturated carbocycles. The summed E-state index contributed by atoms with van der Waals surface area (Å²) in [6.07, 6.45) is 9.13. The van der Waals surface area contributed by atoms with Crippen LogP contribution in [0.1, 0.15) is 55.8 Å². The van der Waals surface area contributed by atoms with E-state index in [0.29, 0.717) is 11.3 Å². The molecule has 19 heavy (non-hydrogen) atoms. The summed E-state index contributed by atoms with van der Waals surface area (Å²) in [6.45, 7) is 2.21. The lowest BCUT2D eigenvalue weighted by molar-refractivity contribution is 0.0601. The second-order valence-corrected chi connectivity index (χ2v) is 4.52. The van der Waals surface area contributed by atoms with Crippen molar-refractivity contribution in [2.24, 2.45) is 4.99 Å². The predicted octanol–water partition coefficient (Wildman–Crippen LogP) is 4.54. The molecule has 0 fully saturated rings. The third kappa shape index (κ3) is 5.69. The number of aliphatic imine (C=N–C) groups is 1. The highest BCUT2D eigenvalue weighted by Gasteiger charge is 2.09. The lowest BCUT2D eigenvalue weighted by Crippen LogP contribution is -2.01.